The van der Waals surface area contributed by atoms with E-state index in [0.717, 1.165) is 11.1 Å². The molecule has 0 fully saturated rings. The summed E-state index contributed by atoms with van der Waals surface area (Å²) in [6, 6.07) is 4.58. The van der Waals surface area contributed by atoms with E-state index in [-0.39, 0.29) is 6.54 Å². The third kappa shape index (κ3) is 5.10. The van der Waals surface area contributed by atoms with Crippen LogP contribution in [0.2, 0.25) is 0 Å². The Kier molecular flexibility index (Phi) is 6.13. The Balaban J connectivity index is 2.49. The predicted molar refractivity (Wildman–Crippen MR) is 77.9 cm³/mol. The first-order valence-electron chi connectivity index (χ1n) is 6.37. The molecule has 112 valence electrons. The minimum Gasteiger partial charge on any atom is -0.452 e. The number of amides is 3. The zero-order chi connectivity index (χ0) is 15.8. The number of benzene rings is 1. The summed E-state index contributed by atoms with van der Waals surface area (Å²) in [6.07, 6.45) is 1.48. The monoisotopic (exact) mass is 290 g/mol. The van der Waals surface area contributed by atoms with Gasteiger partial charge in [-0.2, -0.15) is 0 Å². The van der Waals surface area contributed by atoms with E-state index < -0.39 is 24.5 Å². The molecule has 0 aromatic heterocycles. The number of esters is 1. The van der Waals surface area contributed by atoms with Gasteiger partial charge in [0.2, 0.25) is 0 Å². The number of ether oxygens (including phenoxy) is 1. The van der Waals surface area contributed by atoms with E-state index in [1.165, 1.54) is 6.08 Å². The van der Waals surface area contributed by atoms with Gasteiger partial charge in [-0.1, -0.05) is 18.2 Å². The summed E-state index contributed by atoms with van der Waals surface area (Å²) in [5, 5.41) is 4.40. The SMILES string of the molecule is C=CCNC(=O)NC(=O)COC(=O)c1cccc(C)c1C. The number of imide groups is 1. The molecule has 1 rings (SSSR count). The molecule has 0 atom stereocenters. The van der Waals surface area contributed by atoms with Crippen LogP contribution in [0.1, 0.15) is 21.5 Å². The standard InChI is InChI=1S/C15H18N2O4/c1-4-8-16-15(20)17-13(18)9-21-14(19)12-7-5-6-10(2)11(12)3/h4-7H,1,8-9H2,2-3H3,(H2,16,17,18,20). The minimum absolute atomic E-state index is 0.237. The van der Waals surface area contributed by atoms with Gasteiger partial charge in [-0.05, 0) is 31.0 Å². The number of nitrogens with one attached hydrogen (secondary N) is 2. The van der Waals surface area contributed by atoms with Crippen LogP contribution in [0.5, 0.6) is 0 Å². The molecule has 0 saturated heterocycles. The second kappa shape index (κ2) is 7.84. The molecule has 0 aliphatic carbocycles. The van der Waals surface area contributed by atoms with E-state index >= 15 is 0 Å². The molecule has 21 heavy (non-hydrogen) atoms. The van der Waals surface area contributed by atoms with Gasteiger partial charge in [0.15, 0.2) is 6.61 Å². The Morgan fingerprint density at radius 3 is 2.67 bits per heavy atom. The fourth-order valence-electron chi connectivity index (χ4n) is 1.55. The van der Waals surface area contributed by atoms with Gasteiger partial charge in [-0.15, -0.1) is 6.58 Å². The molecule has 0 unspecified atom stereocenters. The third-order valence-electron chi connectivity index (χ3n) is 2.82. The summed E-state index contributed by atoms with van der Waals surface area (Å²) >= 11 is 0. The van der Waals surface area contributed by atoms with E-state index in [0.29, 0.717) is 5.56 Å². The quantitative estimate of drug-likeness (QED) is 0.635. The molecule has 0 saturated carbocycles. The van der Waals surface area contributed by atoms with Crippen molar-refractivity contribution in [3.8, 4) is 0 Å². The van der Waals surface area contributed by atoms with E-state index in [9.17, 15) is 14.4 Å². The van der Waals surface area contributed by atoms with Crippen molar-refractivity contribution < 1.29 is 19.1 Å². The highest BCUT2D eigenvalue weighted by molar-refractivity contribution is 5.97. The summed E-state index contributed by atoms with van der Waals surface area (Å²) < 4.78 is 4.88. The van der Waals surface area contributed by atoms with Crippen LogP contribution in [0.4, 0.5) is 4.79 Å². The van der Waals surface area contributed by atoms with Gasteiger partial charge in [-0.3, -0.25) is 10.1 Å². The molecule has 3 amide bonds. The van der Waals surface area contributed by atoms with Gasteiger partial charge in [0.1, 0.15) is 0 Å². The molecule has 6 heteroatoms. The van der Waals surface area contributed by atoms with Crippen molar-refractivity contribution in [2.24, 2.45) is 0 Å². The topological polar surface area (TPSA) is 84.5 Å². The molecular formula is C15H18N2O4. The van der Waals surface area contributed by atoms with Crippen LogP contribution in [0.3, 0.4) is 0 Å². The van der Waals surface area contributed by atoms with Gasteiger partial charge in [0, 0.05) is 6.54 Å². The van der Waals surface area contributed by atoms with E-state index in [2.05, 4.69) is 11.9 Å². The van der Waals surface area contributed by atoms with E-state index in [4.69, 9.17) is 4.74 Å². The smallest absolute Gasteiger partial charge is 0.338 e. The largest absolute Gasteiger partial charge is 0.452 e. The first kappa shape index (κ1) is 16.4. The average molecular weight is 290 g/mol. The third-order valence-corrected chi connectivity index (χ3v) is 2.82. The number of urea groups is 1. The summed E-state index contributed by atoms with van der Waals surface area (Å²) in [7, 11) is 0. The van der Waals surface area contributed by atoms with Crippen LogP contribution in [0, 0.1) is 13.8 Å². The molecule has 0 bridgehead atoms. The van der Waals surface area contributed by atoms with Crippen molar-refractivity contribution in [2.75, 3.05) is 13.2 Å². The molecule has 2 N–H and O–H groups in total. The molecule has 0 aliphatic heterocycles. The number of aryl methyl sites for hydroxylation is 1. The average Bonchev–Trinajstić information content (AvgIpc) is 2.45. The lowest BCUT2D eigenvalue weighted by molar-refractivity contribution is -0.123. The molecule has 0 radical (unpaired) electrons. The lowest BCUT2D eigenvalue weighted by Crippen LogP contribution is -2.41. The molecule has 1 aromatic rings. The molecule has 6 nitrogen and oxygen atoms in total. The highest BCUT2D eigenvalue weighted by atomic mass is 16.5. The summed E-state index contributed by atoms with van der Waals surface area (Å²) in [6.45, 7) is 6.82. The maximum atomic E-state index is 11.9. The maximum absolute atomic E-state index is 11.9. The molecule has 0 spiro atoms. The summed E-state index contributed by atoms with van der Waals surface area (Å²) in [5.41, 5.74) is 2.16. The van der Waals surface area contributed by atoms with Gasteiger partial charge in [0.05, 0.1) is 5.56 Å². The second-order valence-electron chi connectivity index (χ2n) is 4.37. The Morgan fingerprint density at radius 2 is 2.00 bits per heavy atom. The summed E-state index contributed by atoms with van der Waals surface area (Å²) in [5.74, 6) is -1.30. The van der Waals surface area contributed by atoms with Crippen molar-refractivity contribution in [2.45, 2.75) is 13.8 Å². The zero-order valence-electron chi connectivity index (χ0n) is 12.1. The normalized spacial score (nSPS) is 9.62. The highest BCUT2D eigenvalue weighted by Crippen LogP contribution is 2.13. The predicted octanol–water partition coefficient (Wildman–Crippen LogP) is 1.47. The van der Waals surface area contributed by atoms with Gasteiger partial charge in [-0.25, -0.2) is 9.59 Å². The number of rotatable bonds is 5. The lowest BCUT2D eigenvalue weighted by Gasteiger charge is -2.09. The van der Waals surface area contributed by atoms with Crippen LogP contribution >= 0.6 is 0 Å². The maximum Gasteiger partial charge on any atom is 0.338 e. The second-order valence-corrected chi connectivity index (χ2v) is 4.37. The molecule has 0 heterocycles. The molecule has 1 aromatic carbocycles. The Morgan fingerprint density at radius 1 is 1.29 bits per heavy atom. The van der Waals surface area contributed by atoms with Crippen molar-refractivity contribution in [3.05, 3.63) is 47.5 Å². The lowest BCUT2D eigenvalue weighted by atomic mass is 10.0. The number of hydrogen-bond acceptors (Lipinski definition) is 4. The van der Waals surface area contributed by atoms with Gasteiger partial charge in [0.25, 0.3) is 5.91 Å². The Bertz CT molecular complexity index is 567. The Hall–Kier alpha value is -2.63. The molecule has 0 aliphatic rings. The zero-order valence-corrected chi connectivity index (χ0v) is 12.1. The van der Waals surface area contributed by atoms with Crippen molar-refractivity contribution >= 4 is 17.9 Å². The van der Waals surface area contributed by atoms with E-state index in [1.807, 2.05) is 18.3 Å². The summed E-state index contributed by atoms with van der Waals surface area (Å²) in [4.78, 5) is 34.5. The highest BCUT2D eigenvalue weighted by Gasteiger charge is 2.14. The van der Waals surface area contributed by atoms with Crippen LogP contribution < -0.4 is 10.6 Å². The van der Waals surface area contributed by atoms with Gasteiger partial charge >= 0.3 is 12.0 Å². The van der Waals surface area contributed by atoms with Crippen LogP contribution in [0.25, 0.3) is 0 Å². The van der Waals surface area contributed by atoms with Crippen LogP contribution in [0.15, 0.2) is 30.9 Å². The van der Waals surface area contributed by atoms with Crippen molar-refractivity contribution in [1.29, 1.82) is 0 Å². The van der Waals surface area contributed by atoms with Crippen molar-refractivity contribution in [3.63, 3.8) is 0 Å². The molecular weight excluding hydrogens is 272 g/mol. The van der Waals surface area contributed by atoms with Crippen molar-refractivity contribution in [1.82, 2.24) is 10.6 Å². The first-order valence-corrected chi connectivity index (χ1v) is 6.37. The fourth-order valence-corrected chi connectivity index (χ4v) is 1.55. The Labute approximate surface area is 123 Å². The van der Waals surface area contributed by atoms with E-state index in [1.54, 1.807) is 19.1 Å². The van der Waals surface area contributed by atoms with Crippen LogP contribution in [-0.2, 0) is 9.53 Å². The first-order chi connectivity index (χ1) is 9.95. The van der Waals surface area contributed by atoms with Gasteiger partial charge < -0.3 is 10.1 Å². The van der Waals surface area contributed by atoms with Crippen LogP contribution in [-0.4, -0.2) is 31.1 Å². The fraction of sp³-hybridized carbons (Fsp3) is 0.267. The number of carbonyl (C=O) groups is 3. The number of hydrogen-bond donors (Lipinski definition) is 2. The minimum atomic E-state index is -0.699. The number of carbonyl (C=O) groups excluding carboxylic acids is 3.